The minimum absolute atomic E-state index is 0.0176. The van der Waals surface area contributed by atoms with Crippen molar-refractivity contribution in [3.8, 4) is 17.5 Å². The van der Waals surface area contributed by atoms with Gasteiger partial charge in [0.05, 0.1) is 6.54 Å². The first-order valence-corrected chi connectivity index (χ1v) is 11.5. The Morgan fingerprint density at radius 3 is 2.38 bits per heavy atom. The molecule has 37 heavy (non-hydrogen) atoms. The highest BCUT2D eigenvalue weighted by Gasteiger charge is 2.31. The average Bonchev–Trinajstić information content (AvgIpc) is 3.15. The normalized spacial score (nSPS) is 11.8. The maximum atomic E-state index is 13.4. The van der Waals surface area contributed by atoms with E-state index in [1.165, 1.54) is 22.2 Å². The quantitative estimate of drug-likeness (QED) is 0.364. The van der Waals surface area contributed by atoms with Crippen LogP contribution in [0.2, 0.25) is 5.02 Å². The second-order valence-electron chi connectivity index (χ2n) is 8.29. The summed E-state index contributed by atoms with van der Waals surface area (Å²) in [5.74, 6) is -0.729. The lowest BCUT2D eigenvalue weighted by Crippen LogP contribution is -2.39. The molecule has 0 bridgehead atoms. The molecule has 0 spiro atoms. The number of rotatable bonds is 8. The van der Waals surface area contributed by atoms with Gasteiger partial charge in [0.1, 0.15) is 11.5 Å². The third kappa shape index (κ3) is 5.81. The van der Waals surface area contributed by atoms with Crippen LogP contribution in [0.15, 0.2) is 52.1 Å². The van der Waals surface area contributed by atoms with Crippen molar-refractivity contribution in [3.05, 3.63) is 79.5 Å². The Morgan fingerprint density at radius 2 is 1.73 bits per heavy atom. The second kappa shape index (κ2) is 10.3. The summed E-state index contributed by atoms with van der Waals surface area (Å²) in [6.07, 6.45) is -4.76. The highest BCUT2D eigenvalue weighted by molar-refractivity contribution is 6.30. The van der Waals surface area contributed by atoms with Crippen molar-refractivity contribution in [2.75, 3.05) is 6.61 Å². The van der Waals surface area contributed by atoms with Crippen LogP contribution in [0.25, 0.3) is 11.2 Å². The molecule has 1 N–H and O–H groups in total. The molecule has 0 aliphatic heterocycles. The summed E-state index contributed by atoms with van der Waals surface area (Å²) in [6.45, 7) is 1.78. The lowest BCUT2D eigenvalue weighted by molar-refractivity contribution is -0.274. The molecule has 0 saturated carbocycles. The third-order valence-corrected chi connectivity index (χ3v) is 5.70. The van der Waals surface area contributed by atoms with Crippen molar-refractivity contribution >= 4 is 22.8 Å². The van der Waals surface area contributed by atoms with E-state index >= 15 is 0 Å². The van der Waals surface area contributed by atoms with Crippen LogP contribution in [0.5, 0.6) is 17.5 Å². The standard InChI is InChI=1S/C24H22ClF3N4O5/c1-14-4-6-15(7-5-14)13-32-19-20(30(2)23(35)31(21(19)34)8-3-9-33)29-22(32)36-17-10-16(25)11-18(12-17)37-24(26,27)28/h4-7,10-12,33H,3,8-9,13H2,1-2H3. The number of aliphatic hydroxyl groups excluding tert-OH is 1. The Kier molecular flexibility index (Phi) is 7.32. The Balaban J connectivity index is 1.89. The van der Waals surface area contributed by atoms with Crippen molar-refractivity contribution in [1.29, 1.82) is 0 Å². The highest BCUT2D eigenvalue weighted by atomic mass is 35.5. The van der Waals surface area contributed by atoms with Gasteiger partial charge in [-0.2, -0.15) is 4.98 Å². The zero-order chi connectivity index (χ0) is 26.9. The van der Waals surface area contributed by atoms with Crippen LogP contribution in [-0.2, 0) is 20.1 Å². The van der Waals surface area contributed by atoms with Crippen molar-refractivity contribution in [3.63, 3.8) is 0 Å². The van der Waals surface area contributed by atoms with E-state index in [0.29, 0.717) is 0 Å². The van der Waals surface area contributed by atoms with Crippen LogP contribution in [0.3, 0.4) is 0 Å². The molecular weight excluding hydrogens is 517 g/mol. The highest BCUT2D eigenvalue weighted by Crippen LogP contribution is 2.33. The van der Waals surface area contributed by atoms with Gasteiger partial charge in [-0.15, -0.1) is 13.2 Å². The molecule has 2 aromatic carbocycles. The summed E-state index contributed by atoms with van der Waals surface area (Å²) in [5, 5.41) is 9.11. The molecule has 2 heterocycles. The van der Waals surface area contributed by atoms with Crippen molar-refractivity contribution in [2.24, 2.45) is 7.05 Å². The Hall–Kier alpha value is -3.77. The topological polar surface area (TPSA) is 101 Å². The van der Waals surface area contributed by atoms with E-state index in [0.717, 1.165) is 27.8 Å². The fraction of sp³-hybridized carbons (Fsp3) is 0.292. The number of aliphatic hydroxyl groups is 1. The molecule has 0 aliphatic rings. The second-order valence-corrected chi connectivity index (χ2v) is 8.72. The van der Waals surface area contributed by atoms with Crippen LogP contribution in [0.1, 0.15) is 17.5 Å². The van der Waals surface area contributed by atoms with E-state index in [2.05, 4.69) is 9.72 Å². The van der Waals surface area contributed by atoms with Gasteiger partial charge in [0.25, 0.3) is 5.56 Å². The van der Waals surface area contributed by atoms with Gasteiger partial charge in [0, 0.05) is 31.3 Å². The predicted molar refractivity (Wildman–Crippen MR) is 129 cm³/mol. The molecule has 4 rings (SSSR count). The predicted octanol–water partition coefficient (Wildman–Crippen LogP) is 3.98. The maximum absolute atomic E-state index is 13.4. The summed E-state index contributed by atoms with van der Waals surface area (Å²) in [5.41, 5.74) is 0.572. The molecule has 2 aromatic heterocycles. The zero-order valence-electron chi connectivity index (χ0n) is 19.8. The molecule has 4 aromatic rings. The Bertz CT molecular complexity index is 1560. The first kappa shape index (κ1) is 26.3. The SMILES string of the molecule is Cc1ccc(Cn2c(Oc3cc(Cl)cc(OC(F)(F)F)c3)nc3c2c(=O)n(CCCO)c(=O)n3C)cc1. The van der Waals surface area contributed by atoms with Gasteiger partial charge in [0.2, 0.25) is 0 Å². The summed E-state index contributed by atoms with van der Waals surface area (Å²) < 4.78 is 51.6. The number of benzene rings is 2. The number of ether oxygens (including phenoxy) is 2. The van der Waals surface area contributed by atoms with Gasteiger partial charge in [-0.25, -0.2) is 4.79 Å². The molecule has 0 radical (unpaired) electrons. The molecule has 0 fully saturated rings. The van der Waals surface area contributed by atoms with Crippen LogP contribution in [0, 0.1) is 6.92 Å². The summed E-state index contributed by atoms with van der Waals surface area (Å²) >= 11 is 5.97. The van der Waals surface area contributed by atoms with Gasteiger partial charge < -0.3 is 14.6 Å². The van der Waals surface area contributed by atoms with E-state index in [-0.39, 0.29) is 54.1 Å². The van der Waals surface area contributed by atoms with Crippen LogP contribution in [-0.4, -0.2) is 36.8 Å². The molecule has 13 heteroatoms. The van der Waals surface area contributed by atoms with E-state index in [1.807, 2.05) is 31.2 Å². The summed E-state index contributed by atoms with van der Waals surface area (Å²) in [7, 11) is 1.43. The number of halogens is 4. The molecule has 0 unspecified atom stereocenters. The number of hydrogen-bond donors (Lipinski definition) is 1. The molecule has 0 atom stereocenters. The van der Waals surface area contributed by atoms with Gasteiger partial charge in [-0.1, -0.05) is 41.4 Å². The van der Waals surface area contributed by atoms with Crippen LogP contribution >= 0.6 is 11.6 Å². The first-order valence-electron chi connectivity index (χ1n) is 11.1. The van der Waals surface area contributed by atoms with Crippen molar-refractivity contribution in [2.45, 2.75) is 32.8 Å². The molecule has 0 saturated heterocycles. The number of hydrogen-bond acceptors (Lipinski definition) is 6. The Labute approximate surface area is 212 Å². The Morgan fingerprint density at radius 1 is 1.05 bits per heavy atom. The fourth-order valence-corrected chi connectivity index (χ4v) is 3.99. The average molecular weight is 539 g/mol. The first-order chi connectivity index (χ1) is 17.5. The largest absolute Gasteiger partial charge is 0.573 e. The fourth-order valence-electron chi connectivity index (χ4n) is 3.77. The summed E-state index contributed by atoms with van der Waals surface area (Å²) in [6, 6.07) is 10.5. The van der Waals surface area contributed by atoms with E-state index < -0.39 is 23.4 Å². The number of alkyl halides is 3. The minimum Gasteiger partial charge on any atom is -0.425 e. The monoisotopic (exact) mass is 538 g/mol. The summed E-state index contributed by atoms with van der Waals surface area (Å²) in [4.78, 5) is 30.5. The van der Waals surface area contributed by atoms with Gasteiger partial charge in [-0.05, 0) is 31.0 Å². The zero-order valence-corrected chi connectivity index (χ0v) is 20.5. The number of aryl methyl sites for hydroxylation is 2. The van der Waals surface area contributed by atoms with Crippen LogP contribution in [0.4, 0.5) is 13.2 Å². The van der Waals surface area contributed by atoms with Crippen LogP contribution < -0.4 is 20.7 Å². The van der Waals surface area contributed by atoms with Gasteiger partial charge >= 0.3 is 18.1 Å². The molecule has 0 aliphatic carbocycles. The maximum Gasteiger partial charge on any atom is 0.573 e. The van der Waals surface area contributed by atoms with Crippen molar-refractivity contribution < 1.29 is 27.8 Å². The number of fused-ring (bicyclic) bond motifs is 1. The molecular formula is C24H22ClF3N4O5. The molecule has 9 nitrogen and oxygen atoms in total. The molecule has 0 amide bonds. The van der Waals surface area contributed by atoms with E-state index in [4.69, 9.17) is 16.3 Å². The molecule has 196 valence electrons. The van der Waals surface area contributed by atoms with Gasteiger partial charge in [-0.3, -0.25) is 18.5 Å². The lowest BCUT2D eigenvalue weighted by Gasteiger charge is -2.13. The smallest absolute Gasteiger partial charge is 0.425 e. The van der Waals surface area contributed by atoms with Crippen molar-refractivity contribution in [1.82, 2.24) is 18.7 Å². The minimum atomic E-state index is -4.95. The number of imidazole rings is 1. The third-order valence-electron chi connectivity index (χ3n) is 5.49. The lowest BCUT2D eigenvalue weighted by atomic mass is 10.1. The van der Waals surface area contributed by atoms with E-state index in [9.17, 15) is 27.9 Å². The number of aromatic nitrogens is 4. The van der Waals surface area contributed by atoms with Gasteiger partial charge in [0.15, 0.2) is 11.2 Å². The number of nitrogens with zero attached hydrogens (tertiary/aromatic N) is 4. The van der Waals surface area contributed by atoms with E-state index in [1.54, 1.807) is 0 Å².